The Morgan fingerprint density at radius 3 is 2.21 bits per heavy atom. The molecule has 1 aliphatic rings. The maximum Gasteiger partial charge on any atom is 0.266 e. The number of rotatable bonds is 9. The van der Waals surface area contributed by atoms with Crippen molar-refractivity contribution in [3.8, 4) is 11.5 Å². The van der Waals surface area contributed by atoms with Gasteiger partial charge in [-0.05, 0) is 55.3 Å². The summed E-state index contributed by atoms with van der Waals surface area (Å²) in [6, 6.07) is 20.9. The Kier molecular flexibility index (Phi) is 7.07. The molecule has 3 aromatic carbocycles. The Morgan fingerprint density at radius 1 is 0.824 bits per heavy atom. The Labute approximate surface area is 199 Å². The van der Waals surface area contributed by atoms with Crippen molar-refractivity contribution in [1.82, 2.24) is 0 Å². The maximum absolute atomic E-state index is 13.0. The van der Waals surface area contributed by atoms with Crippen LogP contribution in [-0.4, -0.2) is 17.7 Å². The molecule has 0 spiro atoms. The molecule has 6 heteroatoms. The third-order valence-corrected chi connectivity index (χ3v) is 5.85. The molecule has 3 aromatic rings. The van der Waals surface area contributed by atoms with E-state index in [0.29, 0.717) is 34.0 Å². The highest BCUT2D eigenvalue weighted by Gasteiger charge is 2.36. The van der Waals surface area contributed by atoms with Crippen LogP contribution in [-0.2, 0) is 4.79 Å². The Bertz CT molecular complexity index is 1200. The van der Waals surface area contributed by atoms with E-state index in [2.05, 4.69) is 19.2 Å². The molecule has 3 amide bonds. The van der Waals surface area contributed by atoms with Crippen molar-refractivity contribution in [1.29, 1.82) is 0 Å². The highest BCUT2D eigenvalue weighted by molar-refractivity contribution is 6.34. The zero-order valence-electron chi connectivity index (χ0n) is 19.4. The smallest absolute Gasteiger partial charge is 0.266 e. The van der Waals surface area contributed by atoms with E-state index < -0.39 is 0 Å². The highest BCUT2D eigenvalue weighted by Crippen LogP contribution is 2.33. The lowest BCUT2D eigenvalue weighted by atomic mass is 9.97. The van der Waals surface area contributed by atoms with Gasteiger partial charge >= 0.3 is 0 Å². The molecule has 1 N–H and O–H groups in total. The van der Waals surface area contributed by atoms with Crippen LogP contribution in [0.25, 0.3) is 0 Å². The number of benzene rings is 3. The molecule has 0 radical (unpaired) electrons. The van der Waals surface area contributed by atoms with Gasteiger partial charge in [-0.2, -0.15) is 0 Å². The molecular formula is C28H28N2O4. The normalized spacial score (nSPS) is 12.7. The molecule has 1 aliphatic heterocycles. The number of anilines is 2. The van der Waals surface area contributed by atoms with Crippen LogP contribution in [0.15, 0.2) is 72.8 Å². The minimum atomic E-state index is -0.379. The van der Waals surface area contributed by atoms with Gasteiger partial charge < -0.3 is 10.1 Å². The van der Waals surface area contributed by atoms with Gasteiger partial charge in [0.25, 0.3) is 11.8 Å². The SMILES string of the molecule is CCCC(CCC)C(=O)Nc1cccc(Oc2ccc3c(c2)C(=O)N(c2ccccc2)C3=O)c1. The number of amides is 3. The fourth-order valence-electron chi connectivity index (χ4n) is 4.22. The predicted molar refractivity (Wildman–Crippen MR) is 132 cm³/mol. The van der Waals surface area contributed by atoms with Crippen molar-refractivity contribution in [3.63, 3.8) is 0 Å². The number of nitrogens with zero attached hydrogens (tertiary/aromatic N) is 1. The second kappa shape index (κ2) is 10.3. The number of nitrogens with one attached hydrogen (secondary N) is 1. The first-order chi connectivity index (χ1) is 16.5. The molecule has 6 nitrogen and oxygen atoms in total. The van der Waals surface area contributed by atoms with E-state index in [1.165, 1.54) is 4.90 Å². The van der Waals surface area contributed by atoms with Crippen molar-refractivity contribution in [2.45, 2.75) is 39.5 Å². The second-order valence-corrected chi connectivity index (χ2v) is 8.38. The summed E-state index contributed by atoms with van der Waals surface area (Å²) in [5.41, 5.74) is 1.84. The van der Waals surface area contributed by atoms with Crippen LogP contribution in [0.3, 0.4) is 0 Å². The number of ether oxygens (including phenoxy) is 1. The zero-order chi connectivity index (χ0) is 24.1. The first kappa shape index (κ1) is 23.2. The fraction of sp³-hybridized carbons (Fsp3) is 0.250. The average Bonchev–Trinajstić information content (AvgIpc) is 3.09. The standard InChI is InChI=1S/C28H28N2O4/c1-3-9-19(10-4-2)26(31)29-20-11-8-14-22(17-20)34-23-15-16-24-25(18-23)28(33)30(27(24)32)21-12-6-5-7-13-21/h5-8,11-19H,3-4,9-10H2,1-2H3,(H,29,31). The van der Waals surface area contributed by atoms with E-state index in [0.717, 1.165) is 25.7 Å². The predicted octanol–water partition coefficient (Wildman–Crippen LogP) is 6.43. The fourth-order valence-corrected chi connectivity index (χ4v) is 4.22. The monoisotopic (exact) mass is 456 g/mol. The topological polar surface area (TPSA) is 75.7 Å². The molecule has 174 valence electrons. The van der Waals surface area contributed by atoms with E-state index in [9.17, 15) is 14.4 Å². The van der Waals surface area contributed by atoms with Gasteiger partial charge in [0.15, 0.2) is 0 Å². The first-order valence-corrected chi connectivity index (χ1v) is 11.7. The number of hydrogen-bond donors (Lipinski definition) is 1. The van der Waals surface area contributed by atoms with Gasteiger partial charge in [-0.25, -0.2) is 4.90 Å². The number of imide groups is 1. The van der Waals surface area contributed by atoms with Gasteiger partial charge in [0.05, 0.1) is 16.8 Å². The molecule has 0 saturated carbocycles. The van der Waals surface area contributed by atoms with Crippen LogP contribution >= 0.6 is 0 Å². The molecule has 0 fully saturated rings. The molecule has 34 heavy (non-hydrogen) atoms. The third-order valence-electron chi connectivity index (χ3n) is 5.85. The average molecular weight is 457 g/mol. The summed E-state index contributed by atoms with van der Waals surface area (Å²) >= 11 is 0. The van der Waals surface area contributed by atoms with Gasteiger partial charge in [-0.3, -0.25) is 14.4 Å². The minimum Gasteiger partial charge on any atom is -0.457 e. The molecule has 0 unspecified atom stereocenters. The number of carbonyl (C=O) groups is 3. The lowest BCUT2D eigenvalue weighted by Crippen LogP contribution is -2.29. The lowest BCUT2D eigenvalue weighted by Gasteiger charge is -2.16. The van der Waals surface area contributed by atoms with Crippen LogP contribution in [0, 0.1) is 5.92 Å². The Morgan fingerprint density at radius 2 is 1.50 bits per heavy atom. The van der Waals surface area contributed by atoms with Gasteiger partial charge in [0, 0.05) is 17.7 Å². The summed E-state index contributed by atoms with van der Waals surface area (Å²) in [5, 5.41) is 2.99. The number of hydrogen-bond acceptors (Lipinski definition) is 4. The van der Waals surface area contributed by atoms with Crippen molar-refractivity contribution in [2.24, 2.45) is 5.92 Å². The minimum absolute atomic E-state index is 0.00704. The molecule has 0 aromatic heterocycles. The van der Waals surface area contributed by atoms with Gasteiger partial charge in [-0.15, -0.1) is 0 Å². The van der Waals surface area contributed by atoms with Gasteiger partial charge in [0.1, 0.15) is 11.5 Å². The molecule has 4 rings (SSSR count). The van der Waals surface area contributed by atoms with Crippen molar-refractivity contribution >= 4 is 29.1 Å². The van der Waals surface area contributed by atoms with Crippen molar-refractivity contribution in [3.05, 3.63) is 83.9 Å². The maximum atomic E-state index is 13.0. The first-order valence-electron chi connectivity index (χ1n) is 11.7. The van der Waals surface area contributed by atoms with E-state index in [1.54, 1.807) is 60.7 Å². The third kappa shape index (κ3) is 4.86. The van der Waals surface area contributed by atoms with E-state index >= 15 is 0 Å². The molecule has 0 bridgehead atoms. The summed E-state index contributed by atoms with van der Waals surface area (Å²) in [7, 11) is 0. The van der Waals surface area contributed by atoms with Crippen LogP contribution < -0.4 is 15.0 Å². The summed E-state index contributed by atoms with van der Waals surface area (Å²) < 4.78 is 5.97. The molecule has 0 saturated heterocycles. The summed E-state index contributed by atoms with van der Waals surface area (Å²) in [6.07, 6.45) is 3.64. The number of carbonyl (C=O) groups excluding carboxylic acids is 3. The van der Waals surface area contributed by atoms with Gasteiger partial charge in [0.2, 0.25) is 5.91 Å². The molecule has 0 aliphatic carbocycles. The largest absolute Gasteiger partial charge is 0.457 e. The number of para-hydroxylation sites is 1. The lowest BCUT2D eigenvalue weighted by molar-refractivity contribution is -0.120. The van der Waals surface area contributed by atoms with E-state index in [-0.39, 0.29) is 23.6 Å². The molecule has 1 heterocycles. The van der Waals surface area contributed by atoms with Gasteiger partial charge in [-0.1, -0.05) is 51.0 Å². The zero-order valence-corrected chi connectivity index (χ0v) is 19.4. The Hall–Kier alpha value is -3.93. The molecule has 0 atom stereocenters. The van der Waals surface area contributed by atoms with Crippen molar-refractivity contribution < 1.29 is 19.1 Å². The summed E-state index contributed by atoms with van der Waals surface area (Å²) in [4.78, 5) is 39.6. The number of fused-ring (bicyclic) bond motifs is 1. The Balaban J connectivity index is 1.50. The van der Waals surface area contributed by atoms with Crippen LogP contribution in [0.5, 0.6) is 11.5 Å². The second-order valence-electron chi connectivity index (χ2n) is 8.38. The van der Waals surface area contributed by atoms with Crippen LogP contribution in [0.2, 0.25) is 0 Å². The van der Waals surface area contributed by atoms with Crippen LogP contribution in [0.1, 0.15) is 60.2 Å². The quantitative estimate of drug-likeness (QED) is 0.376. The molecular weight excluding hydrogens is 428 g/mol. The summed E-state index contributed by atoms with van der Waals surface area (Å²) in [5.74, 6) is 0.243. The van der Waals surface area contributed by atoms with Crippen LogP contribution in [0.4, 0.5) is 11.4 Å². The summed E-state index contributed by atoms with van der Waals surface area (Å²) in [6.45, 7) is 4.16. The van der Waals surface area contributed by atoms with Crippen molar-refractivity contribution in [2.75, 3.05) is 10.2 Å². The van der Waals surface area contributed by atoms with E-state index in [1.807, 2.05) is 12.1 Å². The highest BCUT2D eigenvalue weighted by atomic mass is 16.5. The van der Waals surface area contributed by atoms with E-state index in [4.69, 9.17) is 4.74 Å².